The number of carbonyl (C=O) groups excluding carboxylic acids is 1. The van der Waals surface area contributed by atoms with Gasteiger partial charge >= 0.3 is 5.97 Å². The van der Waals surface area contributed by atoms with Crippen molar-refractivity contribution in [2.45, 2.75) is 135 Å². The fourth-order valence-electron chi connectivity index (χ4n) is 8.19. The summed E-state index contributed by atoms with van der Waals surface area (Å²) in [5, 5.41) is 0. The third-order valence-corrected chi connectivity index (χ3v) is 11.9. The van der Waals surface area contributed by atoms with E-state index in [2.05, 4.69) is 57.3 Å². The molecule has 1 aliphatic rings. The summed E-state index contributed by atoms with van der Waals surface area (Å²) in [4.78, 5) is 13.1. The summed E-state index contributed by atoms with van der Waals surface area (Å²) in [7, 11) is 1.45. The van der Waals surface area contributed by atoms with Gasteiger partial charge in [0.2, 0.25) is 0 Å². The third-order valence-electron chi connectivity index (χ3n) is 10.8. The molecule has 0 unspecified atom stereocenters. The van der Waals surface area contributed by atoms with Gasteiger partial charge in [-0.15, -0.1) is 0 Å². The summed E-state index contributed by atoms with van der Waals surface area (Å²) in [6, 6.07) is 15.1. The maximum atomic E-state index is 13.1. The van der Waals surface area contributed by atoms with Crippen LogP contribution in [0.1, 0.15) is 151 Å². The lowest BCUT2D eigenvalue weighted by Gasteiger charge is -2.33. The SMILES string of the molecule is CCCCCCCCCCC1(CCCCCCCCCC)c2cc(-c3c(C(=O)OC)ccc4nsnc34)ccc2-c2c1ccc1nsnc21. The van der Waals surface area contributed by atoms with Gasteiger partial charge in [-0.05, 0) is 59.4 Å². The molecule has 6 nitrogen and oxygen atoms in total. The quantitative estimate of drug-likeness (QED) is 0.0595. The number of fused-ring (bicyclic) bond motifs is 6. The van der Waals surface area contributed by atoms with E-state index in [0.717, 1.165) is 46.0 Å². The molecule has 6 rings (SSSR count). The minimum Gasteiger partial charge on any atom is -0.465 e. The number of hydrogen-bond donors (Lipinski definition) is 0. The van der Waals surface area contributed by atoms with Crippen molar-refractivity contribution in [1.82, 2.24) is 17.5 Å². The molecule has 0 N–H and O–H groups in total. The van der Waals surface area contributed by atoms with Crippen LogP contribution in [0, 0.1) is 0 Å². The summed E-state index contributed by atoms with van der Waals surface area (Å²) in [6.07, 6.45) is 23.1. The van der Waals surface area contributed by atoms with E-state index in [1.165, 1.54) is 156 Å². The Kier molecular flexibility index (Phi) is 12.4. The van der Waals surface area contributed by atoms with E-state index < -0.39 is 0 Å². The first-order valence-electron chi connectivity index (χ1n) is 18.9. The van der Waals surface area contributed by atoms with Crippen molar-refractivity contribution in [2.24, 2.45) is 0 Å². The highest BCUT2D eigenvalue weighted by Gasteiger charge is 2.44. The largest absolute Gasteiger partial charge is 0.465 e. The first kappa shape index (κ1) is 35.6. The van der Waals surface area contributed by atoms with Gasteiger partial charge in [-0.3, -0.25) is 0 Å². The van der Waals surface area contributed by atoms with Gasteiger partial charge < -0.3 is 4.74 Å². The Morgan fingerprint density at radius 1 is 0.612 bits per heavy atom. The summed E-state index contributed by atoms with van der Waals surface area (Å²) in [5.41, 5.74) is 11.1. The molecule has 0 amide bonds. The number of rotatable bonds is 20. The van der Waals surface area contributed by atoms with E-state index in [1.807, 2.05) is 12.1 Å². The molecular weight excluding hydrogens is 645 g/mol. The highest BCUT2D eigenvalue weighted by molar-refractivity contribution is 7.00. The summed E-state index contributed by atoms with van der Waals surface area (Å²) in [6.45, 7) is 4.57. The summed E-state index contributed by atoms with van der Waals surface area (Å²) >= 11 is 2.49. The van der Waals surface area contributed by atoms with E-state index in [1.54, 1.807) is 0 Å². The average molecular weight is 697 g/mol. The van der Waals surface area contributed by atoms with Crippen LogP contribution < -0.4 is 0 Å². The van der Waals surface area contributed by atoms with Crippen LogP contribution in [0.4, 0.5) is 0 Å². The predicted octanol–water partition coefficient (Wildman–Crippen LogP) is 12.5. The number of carbonyl (C=O) groups is 1. The van der Waals surface area contributed by atoms with E-state index in [0.29, 0.717) is 5.56 Å². The lowest BCUT2D eigenvalue weighted by Crippen LogP contribution is -2.25. The fraction of sp³-hybridized carbons (Fsp3) is 0.537. The Morgan fingerprint density at radius 2 is 1.14 bits per heavy atom. The maximum absolute atomic E-state index is 13.1. The number of methoxy groups -OCH3 is 1. The second-order valence-electron chi connectivity index (χ2n) is 14.0. The molecule has 5 aromatic rings. The van der Waals surface area contributed by atoms with Crippen molar-refractivity contribution in [3.63, 3.8) is 0 Å². The van der Waals surface area contributed by atoms with Crippen molar-refractivity contribution >= 4 is 51.5 Å². The number of nitrogens with zero attached hydrogens (tertiary/aromatic N) is 4. The molecule has 0 spiro atoms. The van der Waals surface area contributed by atoms with Crippen molar-refractivity contribution in [2.75, 3.05) is 7.11 Å². The Labute approximate surface area is 300 Å². The first-order chi connectivity index (χ1) is 24.1. The molecule has 8 heteroatoms. The van der Waals surface area contributed by atoms with Gasteiger partial charge in [0.05, 0.1) is 36.1 Å². The summed E-state index contributed by atoms with van der Waals surface area (Å²) in [5.74, 6) is -0.354. The topological polar surface area (TPSA) is 77.9 Å². The fourth-order valence-corrected chi connectivity index (χ4v) is 9.28. The van der Waals surface area contributed by atoms with Crippen LogP contribution in [0.2, 0.25) is 0 Å². The Morgan fingerprint density at radius 3 is 1.71 bits per heavy atom. The molecule has 0 saturated heterocycles. The third kappa shape index (κ3) is 7.61. The van der Waals surface area contributed by atoms with Gasteiger partial charge in [-0.2, -0.15) is 17.5 Å². The normalized spacial score (nSPS) is 13.3. The molecular formula is C41H52N4O2S2. The molecule has 0 aliphatic heterocycles. The van der Waals surface area contributed by atoms with Gasteiger partial charge in [-0.1, -0.05) is 135 Å². The molecule has 0 atom stereocenters. The highest BCUT2D eigenvalue weighted by Crippen LogP contribution is 2.57. The van der Waals surface area contributed by atoms with E-state index in [9.17, 15) is 4.79 Å². The highest BCUT2D eigenvalue weighted by atomic mass is 32.1. The standard InChI is InChI=1S/C41H52N4O2S2/c1-4-6-8-10-12-14-16-18-26-41(27-19-17-15-13-11-9-7-5-2)32-23-25-35-39(45-49-43-35)37(32)30-21-20-29(28-33(30)41)36-31(40(46)47-3)22-24-34-38(36)44-48-42-34/h20-25,28H,4-19,26-27H2,1-3H3. The number of unbranched alkanes of at least 4 members (excludes halogenated alkanes) is 14. The average Bonchev–Trinajstić information content (AvgIpc) is 3.87. The van der Waals surface area contributed by atoms with Gasteiger partial charge in [0.25, 0.3) is 0 Å². The van der Waals surface area contributed by atoms with Crippen molar-refractivity contribution in [1.29, 1.82) is 0 Å². The molecule has 2 heterocycles. The number of aromatic nitrogens is 4. The second-order valence-corrected chi connectivity index (χ2v) is 15.1. The smallest absolute Gasteiger partial charge is 0.338 e. The van der Waals surface area contributed by atoms with Crippen LogP contribution in [0.25, 0.3) is 44.3 Å². The molecule has 3 aromatic carbocycles. The van der Waals surface area contributed by atoms with Gasteiger partial charge in [0.15, 0.2) is 0 Å². The molecule has 1 aliphatic carbocycles. The Hall–Kier alpha value is -3.23. The minimum absolute atomic E-state index is 0.122. The molecule has 0 saturated carbocycles. The maximum Gasteiger partial charge on any atom is 0.338 e. The number of benzene rings is 3. The molecule has 0 bridgehead atoms. The molecule has 260 valence electrons. The number of ether oxygens (including phenoxy) is 1. The van der Waals surface area contributed by atoms with Crippen molar-refractivity contribution < 1.29 is 9.53 Å². The van der Waals surface area contributed by atoms with Crippen molar-refractivity contribution in [3.8, 4) is 22.3 Å². The molecule has 49 heavy (non-hydrogen) atoms. The van der Waals surface area contributed by atoms with Gasteiger partial charge in [0, 0.05) is 16.5 Å². The molecule has 0 radical (unpaired) electrons. The van der Waals surface area contributed by atoms with Crippen LogP contribution in [0.3, 0.4) is 0 Å². The minimum atomic E-state index is -0.354. The summed E-state index contributed by atoms with van der Waals surface area (Å²) < 4.78 is 24.0. The lowest BCUT2D eigenvalue weighted by atomic mass is 9.70. The van der Waals surface area contributed by atoms with Gasteiger partial charge in [-0.25, -0.2) is 4.79 Å². The zero-order chi connectivity index (χ0) is 34.1. The van der Waals surface area contributed by atoms with Crippen LogP contribution in [-0.2, 0) is 10.2 Å². The lowest BCUT2D eigenvalue weighted by molar-refractivity contribution is 0.0601. The van der Waals surface area contributed by atoms with Crippen LogP contribution in [0.15, 0.2) is 42.5 Å². The Bertz CT molecular complexity index is 1820. The monoisotopic (exact) mass is 696 g/mol. The number of hydrogen-bond acceptors (Lipinski definition) is 8. The van der Waals surface area contributed by atoms with Gasteiger partial charge in [0.1, 0.15) is 22.1 Å². The van der Waals surface area contributed by atoms with Crippen LogP contribution >= 0.6 is 23.5 Å². The predicted molar refractivity (Wildman–Crippen MR) is 206 cm³/mol. The van der Waals surface area contributed by atoms with E-state index in [4.69, 9.17) is 9.11 Å². The van der Waals surface area contributed by atoms with Crippen LogP contribution in [-0.4, -0.2) is 30.6 Å². The van der Waals surface area contributed by atoms with E-state index >= 15 is 0 Å². The number of esters is 1. The molecule has 2 aromatic heterocycles. The Balaban J connectivity index is 1.39. The second kappa shape index (κ2) is 17.1. The van der Waals surface area contributed by atoms with E-state index in [-0.39, 0.29) is 11.4 Å². The zero-order valence-corrected chi connectivity index (χ0v) is 31.3. The first-order valence-corrected chi connectivity index (χ1v) is 20.3. The molecule has 0 fully saturated rings. The van der Waals surface area contributed by atoms with Crippen LogP contribution in [0.5, 0.6) is 0 Å². The van der Waals surface area contributed by atoms with Crippen molar-refractivity contribution in [3.05, 3.63) is 59.2 Å². The zero-order valence-electron chi connectivity index (χ0n) is 29.7.